The second-order valence-electron chi connectivity index (χ2n) is 4.39. The van der Waals surface area contributed by atoms with Gasteiger partial charge in [-0.25, -0.2) is 4.90 Å². The van der Waals surface area contributed by atoms with E-state index in [1.54, 1.807) is 6.92 Å². The predicted octanol–water partition coefficient (Wildman–Crippen LogP) is 0.618. The lowest BCUT2D eigenvalue weighted by Gasteiger charge is -2.17. The number of hydrogen-bond donors (Lipinski definition) is 0. The quantitative estimate of drug-likeness (QED) is 0.255. The van der Waals surface area contributed by atoms with Gasteiger partial charge in [-0.1, -0.05) is 0 Å². The minimum atomic E-state index is -0.957. The van der Waals surface area contributed by atoms with E-state index in [-0.39, 0.29) is 23.1 Å². The van der Waals surface area contributed by atoms with Crippen molar-refractivity contribution < 1.29 is 24.0 Å². The van der Waals surface area contributed by atoms with Crippen molar-refractivity contribution in [3.63, 3.8) is 0 Å². The molecule has 1 fully saturated rings. The van der Waals surface area contributed by atoms with Crippen LogP contribution in [-0.4, -0.2) is 45.9 Å². The lowest BCUT2D eigenvalue weighted by molar-refractivity contribution is -0.384. The highest BCUT2D eigenvalue weighted by molar-refractivity contribution is 7.80. The molecule has 0 aromatic heterocycles. The van der Waals surface area contributed by atoms with Crippen molar-refractivity contribution in [2.75, 3.05) is 18.1 Å². The summed E-state index contributed by atoms with van der Waals surface area (Å²) in [4.78, 5) is 47.3. The van der Waals surface area contributed by atoms with Crippen molar-refractivity contribution in [1.29, 1.82) is 0 Å². The number of anilines is 1. The third-order valence-corrected chi connectivity index (χ3v) is 3.37. The SMILES string of the molecule is CCOC(=O)CN1C(=O)C(=O)N(c2ccc([N+](=O)[O-])cc2)C1=S. The fraction of sp³-hybridized carbons (Fsp3) is 0.231. The van der Waals surface area contributed by atoms with E-state index >= 15 is 0 Å². The van der Waals surface area contributed by atoms with E-state index in [4.69, 9.17) is 17.0 Å². The van der Waals surface area contributed by atoms with Gasteiger partial charge in [0.25, 0.3) is 5.69 Å². The molecule has 0 atom stereocenters. The standard InChI is InChI=1S/C13H11N3O6S/c1-2-22-10(17)7-14-11(18)12(19)15(13(14)23)8-3-5-9(6-4-8)16(20)21/h3-6H,2,7H2,1H3. The monoisotopic (exact) mass is 337 g/mol. The average molecular weight is 337 g/mol. The molecule has 1 aliphatic rings. The number of amides is 2. The van der Waals surface area contributed by atoms with E-state index in [1.165, 1.54) is 24.3 Å². The number of nitro groups is 1. The van der Waals surface area contributed by atoms with Crippen LogP contribution in [0.15, 0.2) is 24.3 Å². The molecule has 23 heavy (non-hydrogen) atoms. The Bertz CT molecular complexity index is 702. The summed E-state index contributed by atoms with van der Waals surface area (Å²) < 4.78 is 4.72. The zero-order chi connectivity index (χ0) is 17.1. The lowest BCUT2D eigenvalue weighted by Crippen LogP contribution is -2.37. The smallest absolute Gasteiger partial charge is 0.326 e. The van der Waals surface area contributed by atoms with Crippen LogP contribution in [0.5, 0.6) is 0 Å². The molecule has 0 N–H and O–H groups in total. The van der Waals surface area contributed by atoms with Crippen molar-refractivity contribution in [3.05, 3.63) is 34.4 Å². The molecule has 1 aliphatic heterocycles. The van der Waals surface area contributed by atoms with E-state index in [1.807, 2.05) is 0 Å². The molecule has 1 saturated heterocycles. The first-order valence-electron chi connectivity index (χ1n) is 6.46. The maximum atomic E-state index is 12.0. The molecule has 10 heteroatoms. The molecule has 2 rings (SSSR count). The summed E-state index contributed by atoms with van der Waals surface area (Å²) in [5.41, 5.74) is 0.0336. The van der Waals surface area contributed by atoms with Crippen LogP contribution in [0.1, 0.15) is 6.92 Å². The van der Waals surface area contributed by atoms with Crippen LogP contribution in [0.25, 0.3) is 0 Å². The lowest BCUT2D eigenvalue weighted by atomic mass is 10.2. The van der Waals surface area contributed by atoms with E-state index in [9.17, 15) is 24.5 Å². The molecular weight excluding hydrogens is 326 g/mol. The highest BCUT2D eigenvalue weighted by Gasteiger charge is 2.43. The minimum absolute atomic E-state index is 0.133. The minimum Gasteiger partial charge on any atom is -0.465 e. The Kier molecular flexibility index (Phi) is 4.65. The van der Waals surface area contributed by atoms with Gasteiger partial charge in [-0.2, -0.15) is 0 Å². The Labute approximate surface area is 135 Å². The summed E-state index contributed by atoms with van der Waals surface area (Å²) in [7, 11) is 0. The van der Waals surface area contributed by atoms with E-state index in [2.05, 4.69) is 0 Å². The normalized spacial score (nSPS) is 14.4. The summed E-state index contributed by atoms with van der Waals surface area (Å²) in [5.74, 6) is -2.59. The van der Waals surface area contributed by atoms with Crippen LogP contribution >= 0.6 is 12.2 Å². The number of carbonyl (C=O) groups is 3. The van der Waals surface area contributed by atoms with Gasteiger partial charge in [-0.3, -0.25) is 29.4 Å². The average Bonchev–Trinajstić information content (AvgIpc) is 2.71. The van der Waals surface area contributed by atoms with Crippen molar-refractivity contribution in [3.8, 4) is 0 Å². The summed E-state index contributed by atoms with van der Waals surface area (Å²) in [6.07, 6.45) is 0. The number of ether oxygens (including phenoxy) is 1. The van der Waals surface area contributed by atoms with Gasteiger partial charge in [0.2, 0.25) is 0 Å². The van der Waals surface area contributed by atoms with Gasteiger partial charge in [0.1, 0.15) is 6.54 Å². The molecule has 0 aliphatic carbocycles. The Morgan fingerprint density at radius 2 is 1.87 bits per heavy atom. The predicted molar refractivity (Wildman–Crippen MR) is 81.5 cm³/mol. The Morgan fingerprint density at radius 1 is 1.26 bits per heavy atom. The fourth-order valence-corrected chi connectivity index (χ4v) is 2.27. The van der Waals surface area contributed by atoms with Crippen LogP contribution in [0, 0.1) is 10.1 Å². The Morgan fingerprint density at radius 3 is 2.39 bits per heavy atom. The summed E-state index contributed by atoms with van der Waals surface area (Å²) in [6.45, 7) is 1.27. The number of benzene rings is 1. The van der Waals surface area contributed by atoms with E-state index in [0.29, 0.717) is 0 Å². The van der Waals surface area contributed by atoms with Gasteiger partial charge in [0.05, 0.1) is 17.2 Å². The first-order valence-corrected chi connectivity index (χ1v) is 6.87. The molecule has 0 bridgehead atoms. The highest BCUT2D eigenvalue weighted by atomic mass is 32.1. The molecule has 1 heterocycles. The molecule has 0 saturated carbocycles. The van der Waals surface area contributed by atoms with Gasteiger partial charge in [-0.15, -0.1) is 0 Å². The fourth-order valence-electron chi connectivity index (χ4n) is 1.93. The second kappa shape index (κ2) is 6.48. The second-order valence-corrected chi connectivity index (χ2v) is 4.76. The number of nitrogens with zero attached hydrogens (tertiary/aromatic N) is 3. The molecular formula is C13H11N3O6S. The van der Waals surface area contributed by atoms with Gasteiger partial charge in [0.15, 0.2) is 5.11 Å². The molecule has 1 aromatic carbocycles. The molecule has 120 valence electrons. The van der Waals surface area contributed by atoms with E-state index < -0.39 is 29.3 Å². The Balaban J connectivity index is 2.24. The molecule has 2 amide bonds. The van der Waals surface area contributed by atoms with Crippen LogP contribution in [0.3, 0.4) is 0 Å². The van der Waals surface area contributed by atoms with Crippen molar-refractivity contribution in [1.82, 2.24) is 4.90 Å². The van der Waals surface area contributed by atoms with Crippen LogP contribution in [0.2, 0.25) is 0 Å². The van der Waals surface area contributed by atoms with Crippen LogP contribution < -0.4 is 4.90 Å². The number of thiocarbonyl (C=S) groups is 1. The summed E-state index contributed by atoms with van der Waals surface area (Å²) in [5, 5.41) is 10.5. The van der Waals surface area contributed by atoms with Crippen LogP contribution in [-0.2, 0) is 19.1 Å². The first-order chi connectivity index (χ1) is 10.9. The first kappa shape index (κ1) is 16.5. The molecule has 0 radical (unpaired) electrons. The van der Waals surface area contributed by atoms with Crippen molar-refractivity contribution >= 4 is 46.5 Å². The van der Waals surface area contributed by atoms with E-state index in [0.717, 1.165) is 9.80 Å². The number of carbonyl (C=O) groups excluding carboxylic acids is 3. The number of esters is 1. The van der Waals surface area contributed by atoms with Gasteiger partial charge in [-0.05, 0) is 31.3 Å². The maximum absolute atomic E-state index is 12.0. The third-order valence-electron chi connectivity index (χ3n) is 2.96. The Hall–Kier alpha value is -2.88. The number of hydrogen-bond acceptors (Lipinski definition) is 7. The van der Waals surface area contributed by atoms with Crippen LogP contribution in [0.4, 0.5) is 11.4 Å². The molecule has 0 unspecified atom stereocenters. The van der Waals surface area contributed by atoms with Crippen molar-refractivity contribution in [2.24, 2.45) is 0 Å². The van der Waals surface area contributed by atoms with Gasteiger partial charge < -0.3 is 4.74 Å². The third kappa shape index (κ3) is 3.16. The number of non-ortho nitro benzene ring substituents is 1. The highest BCUT2D eigenvalue weighted by Crippen LogP contribution is 2.24. The maximum Gasteiger partial charge on any atom is 0.326 e. The van der Waals surface area contributed by atoms with Gasteiger partial charge in [0, 0.05) is 12.1 Å². The zero-order valence-electron chi connectivity index (χ0n) is 11.9. The molecule has 1 aromatic rings. The number of rotatable bonds is 5. The number of nitro benzene ring substituents is 1. The van der Waals surface area contributed by atoms with Gasteiger partial charge >= 0.3 is 17.8 Å². The molecule has 0 spiro atoms. The topological polar surface area (TPSA) is 110 Å². The van der Waals surface area contributed by atoms with Crippen molar-refractivity contribution in [2.45, 2.75) is 6.92 Å². The zero-order valence-corrected chi connectivity index (χ0v) is 12.7. The largest absolute Gasteiger partial charge is 0.465 e. The molecule has 9 nitrogen and oxygen atoms in total. The summed E-state index contributed by atoms with van der Waals surface area (Å²) in [6, 6.07) is 4.96. The summed E-state index contributed by atoms with van der Waals surface area (Å²) >= 11 is 5.05.